The number of fused-ring (bicyclic) bond motifs is 1. The van der Waals surface area contributed by atoms with E-state index in [1.165, 1.54) is 0 Å². The minimum atomic E-state index is 0.108. The summed E-state index contributed by atoms with van der Waals surface area (Å²) in [4.78, 5) is 4.48. The molecule has 1 N–H and O–H groups in total. The smallest absolute Gasteiger partial charge is 0.0964 e. The molecule has 96 valence electrons. The largest absolute Gasteiger partial charge is 0.396 e. The second kappa shape index (κ2) is 4.82. The van der Waals surface area contributed by atoms with Crippen LogP contribution in [0.25, 0.3) is 16.6 Å². The summed E-state index contributed by atoms with van der Waals surface area (Å²) in [6.07, 6.45) is 2.56. The summed E-state index contributed by atoms with van der Waals surface area (Å²) < 4.78 is 1.86. The fraction of sp³-hybridized carbons (Fsp3) is 0.200. The Hall–Kier alpha value is -2.20. The number of para-hydroxylation sites is 1. The molecule has 0 aliphatic heterocycles. The Morgan fingerprint density at radius 2 is 2.00 bits per heavy atom. The molecular formula is C15H15N3O. The van der Waals surface area contributed by atoms with E-state index in [0.29, 0.717) is 6.42 Å². The van der Waals surface area contributed by atoms with Crippen molar-refractivity contribution < 1.29 is 5.11 Å². The number of aliphatic hydroxyl groups is 1. The normalized spacial score (nSPS) is 11.1. The Morgan fingerprint density at radius 3 is 2.74 bits per heavy atom. The SMILES string of the molecule is Cc1nc(CCO)cc2nn(-c3ccccc3)cc12. The zero-order chi connectivity index (χ0) is 13.2. The Balaban J connectivity index is 2.13. The molecule has 0 aliphatic rings. The molecular weight excluding hydrogens is 238 g/mol. The van der Waals surface area contributed by atoms with Crippen LogP contribution in [0.2, 0.25) is 0 Å². The van der Waals surface area contributed by atoms with Crippen LogP contribution in [0.3, 0.4) is 0 Å². The lowest BCUT2D eigenvalue weighted by Crippen LogP contribution is -1.96. The number of hydrogen-bond donors (Lipinski definition) is 1. The van der Waals surface area contributed by atoms with Crippen LogP contribution in [0, 0.1) is 6.92 Å². The van der Waals surface area contributed by atoms with Gasteiger partial charge in [-0.2, -0.15) is 5.10 Å². The molecule has 0 fully saturated rings. The van der Waals surface area contributed by atoms with Gasteiger partial charge in [0.1, 0.15) is 0 Å². The number of nitrogens with zero attached hydrogens (tertiary/aromatic N) is 3. The summed E-state index contributed by atoms with van der Waals surface area (Å²) in [5.74, 6) is 0. The third-order valence-electron chi connectivity index (χ3n) is 3.14. The van der Waals surface area contributed by atoms with E-state index in [2.05, 4.69) is 10.1 Å². The molecule has 19 heavy (non-hydrogen) atoms. The zero-order valence-corrected chi connectivity index (χ0v) is 10.7. The monoisotopic (exact) mass is 253 g/mol. The number of benzene rings is 1. The average molecular weight is 253 g/mol. The molecule has 3 rings (SSSR count). The molecule has 0 saturated heterocycles. The van der Waals surface area contributed by atoms with E-state index in [1.54, 1.807) is 0 Å². The lowest BCUT2D eigenvalue weighted by molar-refractivity contribution is 0.298. The van der Waals surface area contributed by atoms with Crippen LogP contribution in [0.1, 0.15) is 11.4 Å². The van der Waals surface area contributed by atoms with Gasteiger partial charge in [0, 0.05) is 36.0 Å². The molecule has 2 heterocycles. The summed E-state index contributed by atoms with van der Waals surface area (Å²) in [5.41, 5.74) is 3.77. The lowest BCUT2D eigenvalue weighted by Gasteiger charge is -1.99. The van der Waals surface area contributed by atoms with Gasteiger partial charge in [0.15, 0.2) is 0 Å². The standard InChI is InChI=1S/C15H15N3O/c1-11-14-10-18(13-5-3-2-4-6-13)17-15(14)9-12(16-11)7-8-19/h2-6,9-10,19H,7-8H2,1H3. The minimum absolute atomic E-state index is 0.108. The fourth-order valence-electron chi connectivity index (χ4n) is 2.19. The maximum atomic E-state index is 9.00. The molecule has 0 atom stereocenters. The van der Waals surface area contributed by atoms with Crippen LogP contribution >= 0.6 is 0 Å². The van der Waals surface area contributed by atoms with Gasteiger partial charge in [-0.1, -0.05) is 18.2 Å². The molecule has 0 amide bonds. The zero-order valence-electron chi connectivity index (χ0n) is 10.7. The van der Waals surface area contributed by atoms with Gasteiger partial charge in [0.25, 0.3) is 0 Å². The van der Waals surface area contributed by atoms with E-state index in [-0.39, 0.29) is 6.61 Å². The van der Waals surface area contributed by atoms with Crippen molar-refractivity contribution in [1.82, 2.24) is 14.8 Å². The van der Waals surface area contributed by atoms with Gasteiger partial charge in [-0.3, -0.25) is 4.98 Å². The van der Waals surface area contributed by atoms with Crippen molar-refractivity contribution in [2.24, 2.45) is 0 Å². The third-order valence-corrected chi connectivity index (χ3v) is 3.14. The van der Waals surface area contributed by atoms with Crippen molar-refractivity contribution in [2.45, 2.75) is 13.3 Å². The first-order chi connectivity index (χ1) is 9.28. The van der Waals surface area contributed by atoms with Crippen molar-refractivity contribution in [3.05, 3.63) is 54.0 Å². The first-order valence-corrected chi connectivity index (χ1v) is 6.30. The van der Waals surface area contributed by atoms with Gasteiger partial charge in [0.05, 0.1) is 11.2 Å². The van der Waals surface area contributed by atoms with Crippen LogP contribution in [-0.4, -0.2) is 26.5 Å². The Bertz CT molecular complexity index is 704. The quantitative estimate of drug-likeness (QED) is 0.779. The van der Waals surface area contributed by atoms with Crippen molar-refractivity contribution in [1.29, 1.82) is 0 Å². The van der Waals surface area contributed by atoms with Crippen LogP contribution < -0.4 is 0 Å². The topological polar surface area (TPSA) is 50.9 Å². The van der Waals surface area contributed by atoms with Crippen LogP contribution in [0.4, 0.5) is 0 Å². The highest BCUT2D eigenvalue weighted by atomic mass is 16.3. The Kier molecular flexibility index (Phi) is 3.01. The second-order valence-electron chi connectivity index (χ2n) is 4.51. The summed E-state index contributed by atoms with van der Waals surface area (Å²) in [6.45, 7) is 2.08. The molecule has 2 aromatic heterocycles. The Morgan fingerprint density at radius 1 is 1.21 bits per heavy atom. The Labute approximate surface area is 111 Å². The first kappa shape index (κ1) is 11.9. The van der Waals surface area contributed by atoms with Gasteiger partial charge < -0.3 is 5.11 Å². The lowest BCUT2D eigenvalue weighted by atomic mass is 10.2. The third kappa shape index (κ3) is 2.22. The first-order valence-electron chi connectivity index (χ1n) is 6.30. The summed E-state index contributed by atoms with van der Waals surface area (Å²) >= 11 is 0. The molecule has 3 aromatic rings. The number of pyridine rings is 1. The molecule has 0 saturated carbocycles. The number of aromatic nitrogens is 3. The van der Waals surface area contributed by atoms with Gasteiger partial charge in [-0.25, -0.2) is 4.68 Å². The van der Waals surface area contributed by atoms with Gasteiger partial charge in [-0.15, -0.1) is 0 Å². The van der Waals surface area contributed by atoms with Crippen molar-refractivity contribution in [3.8, 4) is 5.69 Å². The fourth-order valence-corrected chi connectivity index (χ4v) is 2.19. The van der Waals surface area contributed by atoms with Crippen molar-refractivity contribution >= 4 is 10.9 Å². The van der Waals surface area contributed by atoms with Crippen molar-refractivity contribution in [2.75, 3.05) is 6.61 Å². The molecule has 0 radical (unpaired) electrons. The summed E-state index contributed by atoms with van der Waals surface area (Å²) in [6, 6.07) is 11.9. The van der Waals surface area contributed by atoms with E-state index in [0.717, 1.165) is 28.0 Å². The average Bonchev–Trinajstić information content (AvgIpc) is 2.85. The number of hydrogen-bond acceptors (Lipinski definition) is 3. The van der Waals surface area contributed by atoms with Gasteiger partial charge >= 0.3 is 0 Å². The van der Waals surface area contributed by atoms with E-state index in [4.69, 9.17) is 5.11 Å². The van der Waals surface area contributed by atoms with Crippen LogP contribution in [0.15, 0.2) is 42.6 Å². The van der Waals surface area contributed by atoms with E-state index >= 15 is 0 Å². The molecule has 0 aliphatic carbocycles. The van der Waals surface area contributed by atoms with Crippen molar-refractivity contribution in [3.63, 3.8) is 0 Å². The van der Waals surface area contributed by atoms with Gasteiger partial charge in [0.2, 0.25) is 0 Å². The molecule has 0 bridgehead atoms. The minimum Gasteiger partial charge on any atom is -0.396 e. The summed E-state index contributed by atoms with van der Waals surface area (Å²) in [7, 11) is 0. The molecule has 0 spiro atoms. The van der Waals surface area contributed by atoms with Crippen LogP contribution in [0.5, 0.6) is 0 Å². The van der Waals surface area contributed by atoms with E-state index in [9.17, 15) is 0 Å². The highest BCUT2D eigenvalue weighted by molar-refractivity contribution is 5.81. The number of aryl methyl sites for hydroxylation is 1. The highest BCUT2D eigenvalue weighted by Gasteiger charge is 2.08. The molecule has 0 unspecified atom stereocenters. The molecule has 4 nitrogen and oxygen atoms in total. The summed E-state index contributed by atoms with van der Waals surface area (Å²) in [5, 5.41) is 14.6. The van der Waals surface area contributed by atoms with Crippen LogP contribution in [-0.2, 0) is 6.42 Å². The number of rotatable bonds is 3. The second-order valence-corrected chi connectivity index (χ2v) is 4.51. The maximum absolute atomic E-state index is 9.00. The predicted molar refractivity (Wildman–Crippen MR) is 74.4 cm³/mol. The maximum Gasteiger partial charge on any atom is 0.0964 e. The predicted octanol–water partition coefficient (Wildman–Crippen LogP) is 2.26. The molecule has 4 heteroatoms. The number of aliphatic hydroxyl groups excluding tert-OH is 1. The highest BCUT2D eigenvalue weighted by Crippen LogP contribution is 2.19. The van der Waals surface area contributed by atoms with E-state index in [1.807, 2.05) is 54.2 Å². The van der Waals surface area contributed by atoms with E-state index < -0.39 is 0 Å². The van der Waals surface area contributed by atoms with Gasteiger partial charge in [-0.05, 0) is 25.1 Å². The molecule has 1 aromatic carbocycles.